The number of benzene rings is 1. The summed E-state index contributed by atoms with van der Waals surface area (Å²) < 4.78 is 26.7. The van der Waals surface area contributed by atoms with Gasteiger partial charge in [-0.3, -0.25) is 19.3 Å². The van der Waals surface area contributed by atoms with E-state index < -0.39 is 59.6 Å². The van der Waals surface area contributed by atoms with Crippen molar-refractivity contribution in [1.29, 1.82) is 0 Å². The van der Waals surface area contributed by atoms with Gasteiger partial charge in [-0.15, -0.1) is 0 Å². The summed E-state index contributed by atoms with van der Waals surface area (Å²) in [6.07, 6.45) is -2.14. The zero-order valence-electron chi connectivity index (χ0n) is 9.97. The molecule has 20 heavy (non-hydrogen) atoms. The fourth-order valence-corrected chi connectivity index (χ4v) is 2.00. The molecule has 0 aromatic heterocycles. The number of hydrogen-bond acceptors (Lipinski definition) is 4. The molecule has 1 aromatic rings. The Morgan fingerprint density at radius 1 is 1.30 bits per heavy atom. The van der Waals surface area contributed by atoms with Crippen LogP contribution in [0.1, 0.15) is 16.8 Å². The number of halogens is 2. The van der Waals surface area contributed by atoms with Gasteiger partial charge in [-0.2, -0.15) is 0 Å². The highest BCUT2D eigenvalue weighted by molar-refractivity contribution is 6.52. The minimum absolute atomic E-state index is 0.435. The molecule has 0 spiro atoms. The highest BCUT2D eigenvalue weighted by Crippen LogP contribution is 2.32. The Morgan fingerprint density at radius 3 is 2.55 bits per heavy atom. The number of fused-ring (bicyclic) bond motifs is 1. The molecule has 0 aliphatic carbocycles. The van der Waals surface area contributed by atoms with Gasteiger partial charge in [0.15, 0.2) is 5.82 Å². The van der Waals surface area contributed by atoms with Crippen molar-refractivity contribution in [2.45, 2.75) is 12.5 Å². The normalized spacial score (nSPS) is 15.4. The van der Waals surface area contributed by atoms with Gasteiger partial charge in [-0.1, -0.05) is 0 Å². The number of β-amino-alcohol motifs (C(OH)–C–C–N with tert-alkyl or cyclic N) is 1. The van der Waals surface area contributed by atoms with E-state index in [0.29, 0.717) is 11.0 Å². The molecule has 1 aliphatic rings. The molecule has 1 unspecified atom stereocenters. The van der Waals surface area contributed by atoms with Crippen molar-refractivity contribution in [3.63, 3.8) is 0 Å². The topological polar surface area (TPSA) is 94.9 Å². The summed E-state index contributed by atoms with van der Waals surface area (Å²) in [6, 6.07) is 1.23. The Hall–Kier alpha value is -2.35. The number of anilines is 1. The van der Waals surface area contributed by atoms with Gasteiger partial charge in [0.25, 0.3) is 11.7 Å². The molecule has 1 aromatic carbocycles. The molecule has 0 saturated carbocycles. The molecule has 8 heteroatoms. The summed E-state index contributed by atoms with van der Waals surface area (Å²) >= 11 is 0. The second-order valence-electron chi connectivity index (χ2n) is 4.28. The maximum atomic E-state index is 13.7. The fourth-order valence-electron chi connectivity index (χ4n) is 2.00. The molecular weight excluding hydrogens is 276 g/mol. The summed E-state index contributed by atoms with van der Waals surface area (Å²) in [5, 5.41) is 18.0. The SMILES string of the molecule is O=C(O)CC(O)CN1C(=O)C(=O)c2cc(F)cc(F)c21. The molecule has 1 aliphatic heterocycles. The lowest BCUT2D eigenvalue weighted by Crippen LogP contribution is -2.37. The van der Waals surface area contributed by atoms with E-state index in [1.54, 1.807) is 0 Å². The number of carbonyl (C=O) groups excluding carboxylic acids is 2. The maximum absolute atomic E-state index is 13.7. The fraction of sp³-hybridized carbons (Fsp3) is 0.250. The van der Waals surface area contributed by atoms with E-state index in [1.807, 2.05) is 0 Å². The third kappa shape index (κ3) is 2.37. The van der Waals surface area contributed by atoms with E-state index in [-0.39, 0.29) is 0 Å². The second-order valence-corrected chi connectivity index (χ2v) is 4.28. The Balaban J connectivity index is 2.36. The lowest BCUT2D eigenvalue weighted by atomic mass is 10.1. The van der Waals surface area contributed by atoms with Crippen LogP contribution in [0.4, 0.5) is 14.5 Å². The van der Waals surface area contributed by atoms with Gasteiger partial charge in [0.05, 0.1) is 30.3 Å². The van der Waals surface area contributed by atoms with Gasteiger partial charge in [0, 0.05) is 6.07 Å². The van der Waals surface area contributed by atoms with Crippen molar-refractivity contribution in [2.75, 3.05) is 11.4 Å². The summed E-state index contributed by atoms with van der Waals surface area (Å²) in [6.45, 7) is -0.563. The minimum atomic E-state index is -1.47. The number of carbonyl (C=O) groups is 3. The summed E-state index contributed by atoms with van der Waals surface area (Å²) in [7, 11) is 0. The van der Waals surface area contributed by atoms with Crippen molar-refractivity contribution < 1.29 is 33.4 Å². The van der Waals surface area contributed by atoms with Gasteiger partial charge in [-0.05, 0) is 6.07 Å². The molecule has 0 fully saturated rings. The standard InChI is InChI=1S/C12H9F2NO5/c13-5-1-7-10(8(14)2-5)15(12(20)11(7)19)4-6(16)3-9(17)18/h1-2,6,16H,3-4H2,(H,17,18). The van der Waals surface area contributed by atoms with Gasteiger partial charge in [0.2, 0.25) is 0 Å². The average molecular weight is 285 g/mol. The highest BCUT2D eigenvalue weighted by Gasteiger charge is 2.39. The number of amides is 1. The Bertz CT molecular complexity index is 616. The van der Waals surface area contributed by atoms with Crippen LogP contribution in [0.5, 0.6) is 0 Å². The number of carboxylic acid groups (broad SMARTS) is 1. The first-order chi connectivity index (χ1) is 9.31. The quantitative estimate of drug-likeness (QED) is 0.777. The van der Waals surface area contributed by atoms with Gasteiger partial charge >= 0.3 is 5.97 Å². The molecule has 2 rings (SSSR count). The van der Waals surface area contributed by atoms with Crippen molar-refractivity contribution in [3.05, 3.63) is 29.3 Å². The van der Waals surface area contributed by atoms with Crippen molar-refractivity contribution in [2.24, 2.45) is 0 Å². The number of ketones is 1. The smallest absolute Gasteiger partial charge is 0.306 e. The predicted octanol–water partition coefficient (Wildman–Crippen LogP) is 0.330. The molecule has 1 heterocycles. The van der Waals surface area contributed by atoms with Crippen molar-refractivity contribution >= 4 is 23.3 Å². The zero-order chi connectivity index (χ0) is 15.0. The van der Waals surface area contributed by atoms with E-state index in [1.165, 1.54) is 0 Å². The zero-order valence-corrected chi connectivity index (χ0v) is 9.97. The molecule has 106 valence electrons. The lowest BCUT2D eigenvalue weighted by Gasteiger charge is -2.19. The minimum Gasteiger partial charge on any atom is -0.481 e. The van der Waals surface area contributed by atoms with Crippen LogP contribution in [0.2, 0.25) is 0 Å². The number of aliphatic hydroxyl groups excluding tert-OH is 1. The Labute approximate surface area is 111 Å². The highest BCUT2D eigenvalue weighted by atomic mass is 19.1. The molecule has 0 bridgehead atoms. The number of aliphatic hydroxyl groups is 1. The van der Waals surface area contributed by atoms with Crippen LogP contribution in [0.25, 0.3) is 0 Å². The molecule has 1 amide bonds. The van der Waals surface area contributed by atoms with E-state index in [4.69, 9.17) is 5.11 Å². The predicted molar refractivity (Wildman–Crippen MR) is 61.3 cm³/mol. The lowest BCUT2D eigenvalue weighted by molar-refractivity contribution is -0.139. The number of hydrogen-bond donors (Lipinski definition) is 2. The van der Waals surface area contributed by atoms with Gasteiger partial charge in [0.1, 0.15) is 5.82 Å². The van der Waals surface area contributed by atoms with Crippen LogP contribution >= 0.6 is 0 Å². The largest absolute Gasteiger partial charge is 0.481 e. The molecule has 0 radical (unpaired) electrons. The second kappa shape index (κ2) is 4.97. The number of nitrogens with zero attached hydrogens (tertiary/aromatic N) is 1. The number of carboxylic acids is 1. The Kier molecular flexibility index (Phi) is 3.49. The van der Waals surface area contributed by atoms with Crippen LogP contribution in [0.3, 0.4) is 0 Å². The molecule has 1 atom stereocenters. The third-order valence-corrected chi connectivity index (χ3v) is 2.79. The first-order valence-electron chi connectivity index (χ1n) is 5.56. The van der Waals surface area contributed by atoms with Gasteiger partial charge < -0.3 is 10.2 Å². The number of Topliss-reactive ketones (excluding diaryl/α,β-unsaturated/α-hetero) is 1. The van der Waals surface area contributed by atoms with E-state index in [9.17, 15) is 28.3 Å². The van der Waals surface area contributed by atoms with Crippen LogP contribution in [0, 0.1) is 11.6 Å². The third-order valence-electron chi connectivity index (χ3n) is 2.79. The summed E-state index contributed by atoms with van der Waals surface area (Å²) in [5.74, 6) is -5.66. The van der Waals surface area contributed by atoms with Crippen LogP contribution in [0.15, 0.2) is 12.1 Å². The molecule has 6 nitrogen and oxygen atoms in total. The first kappa shape index (κ1) is 14.1. The average Bonchev–Trinajstić information content (AvgIpc) is 2.53. The number of rotatable bonds is 4. The summed E-state index contributed by atoms with van der Waals surface area (Å²) in [4.78, 5) is 34.3. The van der Waals surface area contributed by atoms with Crippen molar-refractivity contribution in [1.82, 2.24) is 0 Å². The van der Waals surface area contributed by atoms with Crippen molar-refractivity contribution in [3.8, 4) is 0 Å². The van der Waals surface area contributed by atoms with Gasteiger partial charge in [-0.25, -0.2) is 8.78 Å². The first-order valence-corrected chi connectivity index (χ1v) is 5.56. The summed E-state index contributed by atoms with van der Waals surface area (Å²) in [5.41, 5.74) is -0.874. The van der Waals surface area contributed by atoms with E-state index >= 15 is 0 Å². The molecule has 0 saturated heterocycles. The number of aliphatic carboxylic acids is 1. The maximum Gasteiger partial charge on any atom is 0.306 e. The monoisotopic (exact) mass is 285 g/mol. The van der Waals surface area contributed by atoms with E-state index in [2.05, 4.69) is 0 Å². The van der Waals surface area contributed by atoms with Crippen LogP contribution in [-0.2, 0) is 9.59 Å². The molecular formula is C12H9F2NO5. The van der Waals surface area contributed by atoms with Crippen LogP contribution < -0.4 is 4.90 Å². The van der Waals surface area contributed by atoms with Crippen LogP contribution in [-0.4, -0.2) is 40.5 Å². The van der Waals surface area contributed by atoms with E-state index in [0.717, 1.165) is 6.07 Å². The Morgan fingerprint density at radius 2 is 1.95 bits per heavy atom. The molecule has 2 N–H and O–H groups in total.